The number of unbranched alkanes of at least 4 members (excludes halogenated alkanes) is 14. The fourth-order valence-corrected chi connectivity index (χ4v) is 3.96. The highest BCUT2D eigenvalue weighted by molar-refractivity contribution is 4.60. The van der Waals surface area contributed by atoms with E-state index in [0.29, 0.717) is 0 Å². The Labute approximate surface area is 155 Å². The summed E-state index contributed by atoms with van der Waals surface area (Å²) in [6, 6.07) is 0. The normalized spacial score (nSPS) is 12.6. The molecule has 0 amide bonds. The predicted octanol–water partition coefficient (Wildman–Crippen LogP) is 9.46. The first-order valence-corrected chi connectivity index (χ1v) is 11.8. The van der Waals surface area contributed by atoms with E-state index in [1.54, 1.807) is 0 Å². The molecule has 0 N–H and O–H groups in total. The smallest absolute Gasteiger partial charge is 0.0414 e. The van der Waals surface area contributed by atoms with E-state index >= 15 is 0 Å². The SMILES string of the molecule is CCCCCCCCCCCCCCCCC(CCC)CCCC. The van der Waals surface area contributed by atoms with Gasteiger partial charge in [-0.25, -0.2) is 0 Å². The molecule has 0 heteroatoms. The molecule has 0 aromatic rings. The molecule has 1 atom stereocenters. The lowest BCUT2D eigenvalue weighted by Crippen LogP contribution is -2.00. The molecule has 0 aliphatic heterocycles. The Hall–Kier alpha value is 0. The minimum Gasteiger partial charge on any atom is -0.0654 e. The van der Waals surface area contributed by atoms with Gasteiger partial charge in [0.15, 0.2) is 0 Å². The summed E-state index contributed by atoms with van der Waals surface area (Å²) >= 11 is 0. The van der Waals surface area contributed by atoms with Crippen molar-refractivity contribution in [1.29, 1.82) is 0 Å². The molecule has 0 rings (SSSR count). The molecule has 0 nitrogen and oxygen atoms in total. The number of hydrogen-bond donors (Lipinski definition) is 0. The van der Waals surface area contributed by atoms with E-state index in [9.17, 15) is 0 Å². The topological polar surface area (TPSA) is 0 Å². The molecule has 0 aromatic carbocycles. The van der Waals surface area contributed by atoms with Crippen LogP contribution in [0.3, 0.4) is 0 Å². The lowest BCUT2D eigenvalue weighted by Gasteiger charge is -2.15. The zero-order valence-electron chi connectivity index (χ0n) is 17.7. The van der Waals surface area contributed by atoms with E-state index < -0.39 is 0 Å². The standard InChI is InChI=1S/C24H50/c1-4-7-9-10-11-12-13-14-15-16-17-18-19-20-23-24(21-6-3)22-8-5-2/h24H,4-23H2,1-3H3. The summed E-state index contributed by atoms with van der Waals surface area (Å²) in [7, 11) is 0. The van der Waals surface area contributed by atoms with Crippen molar-refractivity contribution in [3.63, 3.8) is 0 Å². The van der Waals surface area contributed by atoms with Gasteiger partial charge in [-0.2, -0.15) is 0 Å². The van der Waals surface area contributed by atoms with Crippen LogP contribution in [0.1, 0.15) is 149 Å². The summed E-state index contributed by atoms with van der Waals surface area (Å²) in [4.78, 5) is 0. The molecule has 0 aromatic heterocycles. The van der Waals surface area contributed by atoms with E-state index in [4.69, 9.17) is 0 Å². The molecule has 1 unspecified atom stereocenters. The quantitative estimate of drug-likeness (QED) is 0.194. The largest absolute Gasteiger partial charge is 0.0654 e. The third-order valence-electron chi connectivity index (χ3n) is 5.63. The van der Waals surface area contributed by atoms with Crippen molar-refractivity contribution in [2.75, 3.05) is 0 Å². The van der Waals surface area contributed by atoms with Crippen LogP contribution in [0.15, 0.2) is 0 Å². The summed E-state index contributed by atoms with van der Waals surface area (Å²) in [5.74, 6) is 1.03. The van der Waals surface area contributed by atoms with Crippen LogP contribution in [0.2, 0.25) is 0 Å². The average molecular weight is 339 g/mol. The van der Waals surface area contributed by atoms with E-state index in [1.165, 1.54) is 128 Å². The third-order valence-corrected chi connectivity index (χ3v) is 5.63. The molecule has 0 fully saturated rings. The van der Waals surface area contributed by atoms with Crippen molar-refractivity contribution in [3.05, 3.63) is 0 Å². The van der Waals surface area contributed by atoms with Crippen LogP contribution >= 0.6 is 0 Å². The molecule has 0 bridgehead atoms. The molecule has 0 spiro atoms. The van der Waals surface area contributed by atoms with Crippen molar-refractivity contribution in [3.8, 4) is 0 Å². The van der Waals surface area contributed by atoms with Gasteiger partial charge in [-0.1, -0.05) is 149 Å². The fraction of sp³-hybridized carbons (Fsp3) is 1.00. The summed E-state index contributed by atoms with van der Waals surface area (Å²) in [6.07, 6.45) is 29.3. The highest BCUT2D eigenvalue weighted by Crippen LogP contribution is 2.22. The van der Waals surface area contributed by atoms with Gasteiger partial charge in [0.2, 0.25) is 0 Å². The molecule has 0 aliphatic rings. The van der Waals surface area contributed by atoms with Crippen LogP contribution < -0.4 is 0 Å². The van der Waals surface area contributed by atoms with E-state index in [1.807, 2.05) is 0 Å². The fourth-order valence-electron chi connectivity index (χ4n) is 3.96. The van der Waals surface area contributed by atoms with Gasteiger partial charge in [0.1, 0.15) is 0 Å². The summed E-state index contributed by atoms with van der Waals surface area (Å²) in [5.41, 5.74) is 0. The Morgan fingerprint density at radius 2 is 0.708 bits per heavy atom. The molecule has 0 saturated carbocycles. The predicted molar refractivity (Wildman–Crippen MR) is 113 cm³/mol. The molecule has 24 heavy (non-hydrogen) atoms. The molecule has 0 saturated heterocycles. The van der Waals surface area contributed by atoms with Crippen molar-refractivity contribution < 1.29 is 0 Å². The Balaban J connectivity index is 3.21. The van der Waals surface area contributed by atoms with Gasteiger partial charge in [0.05, 0.1) is 0 Å². The zero-order chi connectivity index (χ0) is 17.7. The maximum atomic E-state index is 2.35. The van der Waals surface area contributed by atoms with Crippen molar-refractivity contribution in [2.24, 2.45) is 5.92 Å². The number of rotatable bonds is 20. The average Bonchev–Trinajstić information content (AvgIpc) is 2.59. The first-order chi connectivity index (χ1) is 11.8. The van der Waals surface area contributed by atoms with E-state index in [0.717, 1.165) is 5.92 Å². The first kappa shape index (κ1) is 24.0. The molecular weight excluding hydrogens is 288 g/mol. The highest BCUT2D eigenvalue weighted by Gasteiger charge is 2.06. The van der Waals surface area contributed by atoms with Crippen LogP contribution in [0.5, 0.6) is 0 Å². The van der Waals surface area contributed by atoms with Gasteiger partial charge in [0, 0.05) is 0 Å². The second kappa shape index (κ2) is 21.0. The Bertz CT molecular complexity index is 208. The summed E-state index contributed by atoms with van der Waals surface area (Å²) < 4.78 is 0. The molecule has 146 valence electrons. The monoisotopic (exact) mass is 338 g/mol. The van der Waals surface area contributed by atoms with E-state index in [2.05, 4.69) is 20.8 Å². The zero-order valence-corrected chi connectivity index (χ0v) is 17.7. The van der Waals surface area contributed by atoms with Crippen molar-refractivity contribution in [2.45, 2.75) is 149 Å². The van der Waals surface area contributed by atoms with Crippen LogP contribution in [0, 0.1) is 5.92 Å². The Kier molecular flexibility index (Phi) is 21.0. The van der Waals surface area contributed by atoms with Crippen LogP contribution in [0.4, 0.5) is 0 Å². The molecule has 0 aliphatic carbocycles. The third kappa shape index (κ3) is 18.3. The van der Waals surface area contributed by atoms with Crippen LogP contribution in [-0.2, 0) is 0 Å². The van der Waals surface area contributed by atoms with Gasteiger partial charge >= 0.3 is 0 Å². The molecular formula is C24H50. The van der Waals surface area contributed by atoms with Crippen LogP contribution in [-0.4, -0.2) is 0 Å². The van der Waals surface area contributed by atoms with E-state index in [-0.39, 0.29) is 0 Å². The maximum absolute atomic E-state index is 2.35. The highest BCUT2D eigenvalue weighted by atomic mass is 14.1. The van der Waals surface area contributed by atoms with Crippen molar-refractivity contribution >= 4 is 0 Å². The van der Waals surface area contributed by atoms with Gasteiger partial charge in [-0.3, -0.25) is 0 Å². The molecule has 0 heterocycles. The minimum absolute atomic E-state index is 1.03. The van der Waals surface area contributed by atoms with Crippen LogP contribution in [0.25, 0.3) is 0 Å². The summed E-state index contributed by atoms with van der Waals surface area (Å²) in [5, 5.41) is 0. The minimum atomic E-state index is 1.03. The second-order valence-corrected chi connectivity index (χ2v) is 8.18. The van der Waals surface area contributed by atoms with Gasteiger partial charge < -0.3 is 0 Å². The summed E-state index contributed by atoms with van der Waals surface area (Å²) in [6.45, 7) is 6.98. The lowest BCUT2D eigenvalue weighted by molar-refractivity contribution is 0.383. The van der Waals surface area contributed by atoms with Gasteiger partial charge in [-0.15, -0.1) is 0 Å². The molecule has 0 radical (unpaired) electrons. The first-order valence-electron chi connectivity index (χ1n) is 11.8. The van der Waals surface area contributed by atoms with Gasteiger partial charge in [-0.05, 0) is 5.92 Å². The maximum Gasteiger partial charge on any atom is -0.0414 e. The Morgan fingerprint density at radius 1 is 0.333 bits per heavy atom. The second-order valence-electron chi connectivity index (χ2n) is 8.18. The van der Waals surface area contributed by atoms with Gasteiger partial charge in [0.25, 0.3) is 0 Å². The number of hydrogen-bond acceptors (Lipinski definition) is 0. The lowest BCUT2D eigenvalue weighted by atomic mass is 9.91. The van der Waals surface area contributed by atoms with Crippen molar-refractivity contribution in [1.82, 2.24) is 0 Å². The Morgan fingerprint density at radius 3 is 1.12 bits per heavy atom.